The molecule has 1 heterocycles. The third-order valence-electron chi connectivity index (χ3n) is 3.78. The average Bonchev–Trinajstić information content (AvgIpc) is 2.63. The Morgan fingerprint density at radius 2 is 2.10 bits per heavy atom. The smallest absolute Gasteiger partial charge is 0.403 e. The highest BCUT2D eigenvalue weighted by atomic mass is 31.2. The lowest BCUT2D eigenvalue weighted by Crippen LogP contribution is -2.46. The number of aromatic amines is 1. The van der Waals surface area contributed by atoms with Crippen LogP contribution in [0.1, 0.15) is 20.1 Å². The Balaban J connectivity index is 2.74. The van der Waals surface area contributed by atoms with E-state index in [9.17, 15) is 34.1 Å². The van der Waals surface area contributed by atoms with Crippen LogP contribution in [0.25, 0.3) is 0 Å². The zero-order valence-corrected chi connectivity index (χ0v) is 16.4. The van der Waals surface area contributed by atoms with Crippen LogP contribution in [0.5, 0.6) is 0 Å². The molecule has 3 unspecified atom stereocenters. The second-order valence-electron chi connectivity index (χ2n) is 6.03. The Hall–Kier alpha value is -2.30. The summed E-state index contributed by atoms with van der Waals surface area (Å²) in [6.45, 7) is 0.934. The number of aromatic nitrogens is 2. The molecular weight excluding hydrogens is 413 g/mol. The second-order valence-corrected chi connectivity index (χ2v) is 7.58. The highest BCUT2D eigenvalue weighted by Gasteiger charge is 2.37. The number of H-pyrrole nitrogens is 1. The molecule has 6 N–H and O–H groups in total. The van der Waals surface area contributed by atoms with Crippen molar-refractivity contribution in [3.63, 3.8) is 0 Å². The summed E-state index contributed by atoms with van der Waals surface area (Å²) in [6, 6.07) is -0.409. The molecule has 0 saturated carbocycles. The molecule has 0 bridgehead atoms. The van der Waals surface area contributed by atoms with E-state index >= 15 is 0 Å². The van der Waals surface area contributed by atoms with Gasteiger partial charge in [-0.1, -0.05) is 5.92 Å². The van der Waals surface area contributed by atoms with Crippen LogP contribution in [-0.2, 0) is 18.6 Å². The van der Waals surface area contributed by atoms with Crippen molar-refractivity contribution in [1.82, 2.24) is 14.6 Å². The van der Waals surface area contributed by atoms with Crippen molar-refractivity contribution in [2.24, 2.45) is 0 Å². The molecule has 162 valence electrons. The molecule has 14 heteroatoms. The maximum absolute atomic E-state index is 11.9. The first-order chi connectivity index (χ1) is 13.3. The van der Waals surface area contributed by atoms with Gasteiger partial charge in [0.15, 0.2) is 11.8 Å². The number of hydrogen-bond donors (Lipinski definition) is 6. The highest BCUT2D eigenvalue weighted by molar-refractivity contribution is 7.50. The number of nitrogens with zero attached hydrogens (tertiary/aromatic N) is 1. The third-order valence-corrected chi connectivity index (χ3v) is 4.97. The molecule has 0 aliphatic heterocycles. The fourth-order valence-corrected chi connectivity index (χ4v) is 2.96. The largest absolute Gasteiger partial charge is 0.480 e. The predicted octanol–water partition coefficient (Wildman–Crippen LogP) is -2.02. The molecule has 13 nitrogen and oxygen atoms in total. The van der Waals surface area contributed by atoms with Crippen LogP contribution in [0, 0.1) is 12.3 Å². The number of rotatable bonds is 11. The molecule has 0 aliphatic rings. The summed E-state index contributed by atoms with van der Waals surface area (Å²) in [7, 11) is -4.62. The summed E-state index contributed by atoms with van der Waals surface area (Å²) in [4.78, 5) is 44.9. The van der Waals surface area contributed by atoms with E-state index in [0.717, 1.165) is 23.8 Å². The molecule has 1 aromatic heterocycles. The van der Waals surface area contributed by atoms with E-state index in [-0.39, 0.29) is 0 Å². The van der Waals surface area contributed by atoms with E-state index in [0.29, 0.717) is 0 Å². The lowest BCUT2D eigenvalue weighted by atomic mass is 10.0. The van der Waals surface area contributed by atoms with Gasteiger partial charge in [-0.15, -0.1) is 6.42 Å². The fourth-order valence-electron chi connectivity index (χ4n) is 1.91. The first kappa shape index (κ1) is 24.7. The van der Waals surface area contributed by atoms with Gasteiger partial charge in [-0.05, 0) is 13.8 Å². The van der Waals surface area contributed by atoms with E-state index in [1.54, 1.807) is 0 Å². The third kappa shape index (κ3) is 7.22. The van der Waals surface area contributed by atoms with Crippen LogP contribution in [0.2, 0.25) is 0 Å². The summed E-state index contributed by atoms with van der Waals surface area (Å²) in [6.07, 6.45) is 3.49. The van der Waals surface area contributed by atoms with Crippen molar-refractivity contribution in [1.29, 1.82) is 0 Å². The van der Waals surface area contributed by atoms with Gasteiger partial charge in [-0.3, -0.25) is 23.7 Å². The minimum atomic E-state index is -4.62. The number of carboxylic acid groups (broad SMARTS) is 1. The summed E-state index contributed by atoms with van der Waals surface area (Å²) < 4.78 is 22.5. The molecule has 0 aromatic carbocycles. The van der Waals surface area contributed by atoms with Crippen LogP contribution in [0.4, 0.5) is 0 Å². The molecule has 0 saturated heterocycles. The quantitative estimate of drug-likeness (QED) is 0.165. The van der Waals surface area contributed by atoms with Crippen LogP contribution in [0.3, 0.4) is 0 Å². The van der Waals surface area contributed by atoms with Gasteiger partial charge in [-0.2, -0.15) is 0 Å². The number of aliphatic hydroxyl groups excluding tert-OH is 1. The molecule has 5 atom stereocenters. The van der Waals surface area contributed by atoms with E-state index in [1.165, 1.54) is 6.92 Å². The number of nitrogens with one attached hydrogen (secondary N) is 2. The van der Waals surface area contributed by atoms with Crippen LogP contribution < -0.4 is 16.3 Å². The summed E-state index contributed by atoms with van der Waals surface area (Å²) in [5, 5.41) is 31.0. The summed E-state index contributed by atoms with van der Waals surface area (Å²) in [5.41, 5.74) is -3.79. The molecule has 0 fully saturated rings. The van der Waals surface area contributed by atoms with Crippen LogP contribution in [-0.4, -0.2) is 66.7 Å². The lowest BCUT2D eigenvalue weighted by Gasteiger charge is -2.30. The number of carboxylic acids is 1. The molecule has 1 rings (SSSR count). The van der Waals surface area contributed by atoms with Crippen molar-refractivity contribution >= 4 is 13.7 Å². The van der Waals surface area contributed by atoms with E-state index in [2.05, 4.69) is 4.52 Å². The van der Waals surface area contributed by atoms with Crippen molar-refractivity contribution in [3.8, 4) is 12.3 Å². The number of aliphatic carboxylic acids is 1. The maximum Gasteiger partial charge on any atom is 0.403 e. The minimum absolute atomic E-state index is 0.539. The summed E-state index contributed by atoms with van der Waals surface area (Å²) >= 11 is 0. The van der Waals surface area contributed by atoms with Crippen LogP contribution >= 0.6 is 7.75 Å². The van der Waals surface area contributed by atoms with Gasteiger partial charge in [0.1, 0.15) is 12.6 Å². The molecular formula is C15H22N3O10P. The SMILES string of the molecule is C#CC(O)(COP(=O)(O)N[C@@H](C)C(=O)O)C(C)OC[C@H](O)n1ccc(=O)[nH]c1=O. The van der Waals surface area contributed by atoms with Crippen molar-refractivity contribution in [3.05, 3.63) is 33.1 Å². The monoisotopic (exact) mass is 435 g/mol. The summed E-state index contributed by atoms with van der Waals surface area (Å²) in [5.74, 6) is 0.536. The zero-order chi connectivity index (χ0) is 22.4. The Morgan fingerprint density at radius 1 is 1.48 bits per heavy atom. The Kier molecular flexibility index (Phi) is 8.49. The number of carbonyl (C=O) groups is 1. The normalized spacial score (nSPS) is 18.6. The molecule has 29 heavy (non-hydrogen) atoms. The number of ether oxygens (including phenoxy) is 1. The van der Waals surface area contributed by atoms with E-state index in [1.807, 2.05) is 16.0 Å². The zero-order valence-electron chi connectivity index (χ0n) is 15.5. The Bertz CT molecular complexity index is 922. The Morgan fingerprint density at radius 3 is 2.62 bits per heavy atom. The van der Waals surface area contributed by atoms with Gasteiger partial charge in [0.05, 0.1) is 12.7 Å². The molecule has 1 aromatic rings. The Labute approximate surface area is 164 Å². The average molecular weight is 435 g/mol. The van der Waals surface area contributed by atoms with Crippen molar-refractivity contribution < 1.29 is 38.8 Å². The van der Waals surface area contributed by atoms with Crippen LogP contribution in [0.15, 0.2) is 21.9 Å². The number of terminal acetylenes is 1. The van der Waals surface area contributed by atoms with Crippen molar-refractivity contribution in [2.45, 2.75) is 37.8 Å². The lowest BCUT2D eigenvalue weighted by molar-refractivity contribution is -0.138. The highest BCUT2D eigenvalue weighted by Crippen LogP contribution is 2.38. The van der Waals surface area contributed by atoms with Gasteiger partial charge in [0.25, 0.3) is 5.56 Å². The van der Waals surface area contributed by atoms with Crippen molar-refractivity contribution in [2.75, 3.05) is 13.2 Å². The predicted molar refractivity (Wildman–Crippen MR) is 97.8 cm³/mol. The first-order valence-electron chi connectivity index (χ1n) is 8.10. The van der Waals surface area contributed by atoms with Gasteiger partial charge >= 0.3 is 19.4 Å². The molecule has 0 amide bonds. The molecule has 0 radical (unpaired) electrons. The van der Waals surface area contributed by atoms with E-state index in [4.69, 9.17) is 16.3 Å². The number of aliphatic hydroxyl groups is 2. The maximum atomic E-state index is 11.9. The number of hydrogen-bond acceptors (Lipinski definition) is 8. The topological polar surface area (TPSA) is 200 Å². The first-order valence-corrected chi connectivity index (χ1v) is 9.68. The molecule has 0 spiro atoms. The minimum Gasteiger partial charge on any atom is -0.480 e. The fraction of sp³-hybridized carbons (Fsp3) is 0.533. The standard InChI is InChI=1S/C15H22N3O10P/c1-4-15(24,8-28-29(25,26)17-9(2)13(21)22)10(3)27-7-12(20)18-6-5-11(19)16-14(18)23/h1,5-6,9-10,12,20,24H,7-8H2,2-3H3,(H,21,22)(H,16,19,23)(H2,17,25,26)/t9-,10?,12-,15?/m0/s1. The molecule has 0 aliphatic carbocycles. The second kappa shape index (κ2) is 9.95. The van der Waals surface area contributed by atoms with Gasteiger partial charge in [-0.25, -0.2) is 14.4 Å². The van der Waals surface area contributed by atoms with Gasteiger partial charge in [0, 0.05) is 12.3 Å². The van der Waals surface area contributed by atoms with Gasteiger partial charge in [0.2, 0.25) is 0 Å². The van der Waals surface area contributed by atoms with Gasteiger partial charge < -0.3 is 24.9 Å². The van der Waals surface area contributed by atoms with E-state index < -0.39 is 62.2 Å².